The van der Waals surface area contributed by atoms with Crippen LogP contribution in [-0.2, 0) is 9.59 Å². The summed E-state index contributed by atoms with van der Waals surface area (Å²) in [6, 6.07) is 5.81. The summed E-state index contributed by atoms with van der Waals surface area (Å²) in [5, 5.41) is 5.36. The zero-order chi connectivity index (χ0) is 13.8. The van der Waals surface area contributed by atoms with E-state index in [0.717, 1.165) is 17.0 Å². The molecule has 0 aliphatic carbocycles. The fourth-order valence-electron chi connectivity index (χ4n) is 1.92. The average Bonchev–Trinajstić information content (AvgIpc) is 2.37. The Labute approximate surface area is 117 Å². The van der Waals surface area contributed by atoms with Crippen LogP contribution >= 0.6 is 11.8 Å². The van der Waals surface area contributed by atoms with Crippen molar-refractivity contribution in [3.05, 3.63) is 29.3 Å². The Morgan fingerprint density at radius 3 is 2.89 bits per heavy atom. The number of thioether (sulfide) groups is 1. The number of benzene rings is 1. The molecule has 1 aliphatic heterocycles. The number of hydrogen-bond acceptors (Lipinski definition) is 3. The highest BCUT2D eigenvalue weighted by molar-refractivity contribution is 8.00. The van der Waals surface area contributed by atoms with Crippen molar-refractivity contribution in [3.8, 4) is 0 Å². The first kappa shape index (κ1) is 13.9. The summed E-state index contributed by atoms with van der Waals surface area (Å²) in [6.45, 7) is 4.73. The predicted molar refractivity (Wildman–Crippen MR) is 78.4 cm³/mol. The van der Waals surface area contributed by atoms with Crippen molar-refractivity contribution in [3.63, 3.8) is 0 Å². The molecule has 0 spiro atoms. The Kier molecular flexibility index (Phi) is 4.47. The monoisotopic (exact) mass is 278 g/mol. The van der Waals surface area contributed by atoms with E-state index in [2.05, 4.69) is 10.6 Å². The Hall–Kier alpha value is -1.49. The minimum atomic E-state index is -0.264. The summed E-state index contributed by atoms with van der Waals surface area (Å²) >= 11 is 1.54. The number of nitrogens with one attached hydrogen (secondary N) is 2. The van der Waals surface area contributed by atoms with Crippen LogP contribution in [0.1, 0.15) is 17.5 Å². The molecule has 102 valence electrons. The number of carbonyl (C=O) groups excluding carboxylic acids is 2. The second-order valence-electron chi connectivity index (χ2n) is 4.70. The van der Waals surface area contributed by atoms with E-state index < -0.39 is 0 Å². The quantitative estimate of drug-likeness (QED) is 0.887. The van der Waals surface area contributed by atoms with E-state index in [9.17, 15) is 9.59 Å². The molecule has 1 saturated heterocycles. The van der Waals surface area contributed by atoms with Gasteiger partial charge in [-0.3, -0.25) is 9.59 Å². The number of hydrogen-bond donors (Lipinski definition) is 2. The minimum Gasteiger partial charge on any atom is -0.354 e. The molecule has 1 heterocycles. The van der Waals surface area contributed by atoms with Crippen LogP contribution in [0.4, 0.5) is 5.69 Å². The maximum absolute atomic E-state index is 11.9. The van der Waals surface area contributed by atoms with Crippen LogP contribution in [0.5, 0.6) is 0 Å². The van der Waals surface area contributed by atoms with Gasteiger partial charge in [0.05, 0.1) is 5.25 Å². The molecule has 4 nitrogen and oxygen atoms in total. The van der Waals surface area contributed by atoms with Crippen LogP contribution in [0, 0.1) is 13.8 Å². The molecule has 2 rings (SSSR count). The van der Waals surface area contributed by atoms with Gasteiger partial charge in [-0.25, -0.2) is 0 Å². The van der Waals surface area contributed by atoms with Gasteiger partial charge < -0.3 is 10.6 Å². The molecule has 19 heavy (non-hydrogen) atoms. The molecule has 0 bridgehead atoms. The highest BCUT2D eigenvalue weighted by atomic mass is 32.2. The Morgan fingerprint density at radius 2 is 2.21 bits per heavy atom. The highest BCUT2D eigenvalue weighted by Crippen LogP contribution is 2.19. The highest BCUT2D eigenvalue weighted by Gasteiger charge is 2.25. The maximum Gasteiger partial charge on any atom is 0.233 e. The van der Waals surface area contributed by atoms with Crippen LogP contribution in [0.25, 0.3) is 0 Å². The SMILES string of the molecule is Cc1ccc(NC(=O)C[C@@H]2SCCNC2=O)cc1C. The predicted octanol–water partition coefficient (Wildman–Crippen LogP) is 1.86. The zero-order valence-electron chi connectivity index (χ0n) is 11.2. The Bertz CT molecular complexity index is 502. The standard InChI is InChI=1S/C14H18N2O2S/c1-9-3-4-11(7-10(9)2)16-13(17)8-12-14(18)15-5-6-19-12/h3-4,7,12H,5-6,8H2,1-2H3,(H,15,18)(H,16,17)/t12-/m0/s1. The number of aryl methyl sites for hydroxylation is 2. The van der Waals surface area contributed by atoms with Crippen LogP contribution < -0.4 is 10.6 Å². The van der Waals surface area contributed by atoms with Crippen LogP contribution in [0.3, 0.4) is 0 Å². The molecule has 1 aromatic rings. The van der Waals surface area contributed by atoms with Gasteiger partial charge in [0.1, 0.15) is 0 Å². The third-order valence-corrected chi connectivity index (χ3v) is 4.40. The van der Waals surface area contributed by atoms with Gasteiger partial charge in [-0.15, -0.1) is 11.8 Å². The van der Waals surface area contributed by atoms with E-state index in [1.165, 1.54) is 5.56 Å². The van der Waals surface area contributed by atoms with Crippen molar-refractivity contribution in [1.82, 2.24) is 5.32 Å². The molecule has 1 aliphatic rings. The first-order valence-electron chi connectivity index (χ1n) is 6.32. The van der Waals surface area contributed by atoms with E-state index >= 15 is 0 Å². The third kappa shape index (κ3) is 3.73. The molecule has 1 atom stereocenters. The molecule has 5 heteroatoms. The van der Waals surface area contributed by atoms with E-state index in [-0.39, 0.29) is 23.5 Å². The fourth-order valence-corrected chi connectivity index (χ4v) is 2.92. The molecular weight excluding hydrogens is 260 g/mol. The lowest BCUT2D eigenvalue weighted by Gasteiger charge is -2.20. The van der Waals surface area contributed by atoms with E-state index in [1.807, 2.05) is 32.0 Å². The number of rotatable bonds is 3. The fraction of sp³-hybridized carbons (Fsp3) is 0.429. The van der Waals surface area contributed by atoms with Crippen molar-refractivity contribution in [2.45, 2.75) is 25.5 Å². The van der Waals surface area contributed by atoms with Crippen molar-refractivity contribution in [2.24, 2.45) is 0 Å². The smallest absolute Gasteiger partial charge is 0.233 e. The number of anilines is 1. The molecule has 0 aromatic heterocycles. The zero-order valence-corrected chi connectivity index (χ0v) is 12.0. The van der Waals surface area contributed by atoms with Gasteiger partial charge in [0.25, 0.3) is 0 Å². The lowest BCUT2D eigenvalue weighted by atomic mass is 10.1. The molecule has 0 saturated carbocycles. The third-order valence-electron chi connectivity index (χ3n) is 3.17. The summed E-state index contributed by atoms with van der Waals surface area (Å²) in [5.74, 6) is 0.720. The molecule has 1 aromatic carbocycles. The first-order chi connectivity index (χ1) is 9.06. The normalized spacial score (nSPS) is 18.8. The van der Waals surface area contributed by atoms with Crippen molar-refractivity contribution >= 4 is 29.3 Å². The Balaban J connectivity index is 1.93. The minimum absolute atomic E-state index is 0.0357. The maximum atomic E-state index is 11.9. The number of amides is 2. The largest absolute Gasteiger partial charge is 0.354 e. The lowest BCUT2D eigenvalue weighted by molar-refractivity contribution is -0.123. The molecule has 2 amide bonds. The number of carbonyl (C=O) groups is 2. The molecule has 0 unspecified atom stereocenters. The topological polar surface area (TPSA) is 58.2 Å². The molecule has 2 N–H and O–H groups in total. The van der Waals surface area contributed by atoms with Crippen molar-refractivity contribution < 1.29 is 9.59 Å². The van der Waals surface area contributed by atoms with Gasteiger partial charge in [-0.05, 0) is 37.1 Å². The summed E-state index contributed by atoms with van der Waals surface area (Å²) in [7, 11) is 0. The molecule has 0 radical (unpaired) electrons. The summed E-state index contributed by atoms with van der Waals surface area (Å²) in [6.07, 6.45) is 0.226. The van der Waals surface area contributed by atoms with E-state index in [0.29, 0.717) is 6.54 Å². The van der Waals surface area contributed by atoms with Crippen LogP contribution in [0.15, 0.2) is 18.2 Å². The van der Waals surface area contributed by atoms with Crippen molar-refractivity contribution in [2.75, 3.05) is 17.6 Å². The van der Waals surface area contributed by atoms with Crippen molar-refractivity contribution in [1.29, 1.82) is 0 Å². The second-order valence-corrected chi connectivity index (χ2v) is 6.01. The summed E-state index contributed by atoms with van der Waals surface area (Å²) < 4.78 is 0. The van der Waals surface area contributed by atoms with E-state index in [1.54, 1.807) is 11.8 Å². The van der Waals surface area contributed by atoms with Gasteiger partial charge in [-0.1, -0.05) is 6.07 Å². The van der Waals surface area contributed by atoms with Gasteiger partial charge in [0.15, 0.2) is 0 Å². The van der Waals surface area contributed by atoms with Gasteiger partial charge in [0.2, 0.25) is 11.8 Å². The summed E-state index contributed by atoms with van der Waals surface area (Å²) in [4.78, 5) is 23.5. The van der Waals surface area contributed by atoms with Gasteiger partial charge in [0, 0.05) is 24.4 Å². The lowest BCUT2D eigenvalue weighted by Crippen LogP contribution is -2.40. The first-order valence-corrected chi connectivity index (χ1v) is 7.37. The van der Waals surface area contributed by atoms with Crippen LogP contribution in [-0.4, -0.2) is 29.4 Å². The van der Waals surface area contributed by atoms with Gasteiger partial charge >= 0.3 is 0 Å². The van der Waals surface area contributed by atoms with Crippen LogP contribution in [0.2, 0.25) is 0 Å². The summed E-state index contributed by atoms with van der Waals surface area (Å²) in [5.41, 5.74) is 3.12. The van der Waals surface area contributed by atoms with E-state index in [4.69, 9.17) is 0 Å². The van der Waals surface area contributed by atoms with Gasteiger partial charge in [-0.2, -0.15) is 0 Å². The molecular formula is C14H18N2O2S. The average molecular weight is 278 g/mol. The Morgan fingerprint density at radius 1 is 1.42 bits per heavy atom. The molecule has 1 fully saturated rings. The second kappa shape index (κ2) is 6.10.